The van der Waals surface area contributed by atoms with Crippen LogP contribution in [0, 0.1) is 0 Å². The van der Waals surface area contributed by atoms with Crippen molar-refractivity contribution in [3.63, 3.8) is 0 Å². The molecule has 0 aliphatic carbocycles. The number of hydrogen-bond donors (Lipinski definition) is 5. The van der Waals surface area contributed by atoms with E-state index in [2.05, 4.69) is 34.6 Å². The third kappa shape index (κ3) is 9.53. The molecule has 0 saturated heterocycles. The monoisotopic (exact) mass is 347 g/mol. The largest absolute Gasteiger partial charge is 0.480 e. The van der Waals surface area contributed by atoms with Gasteiger partial charge in [-0.25, -0.2) is 0 Å². The van der Waals surface area contributed by atoms with Crippen molar-refractivity contribution in [2.75, 3.05) is 18.9 Å². The number of carbonyl (C=O) groups excluding carboxylic acids is 3. The van der Waals surface area contributed by atoms with Gasteiger partial charge in [0.25, 0.3) is 0 Å². The SMILES string of the molecule is C=CCOC(=O)CNC(=O)C(CS)NC(=O)CCC(N)C(=O)O. The number of carboxylic acid groups (broad SMARTS) is 1. The number of rotatable bonds is 11. The highest BCUT2D eigenvalue weighted by Gasteiger charge is 2.21. The average molecular weight is 347 g/mol. The number of nitrogens with two attached hydrogens (primary N) is 1. The van der Waals surface area contributed by atoms with Crippen molar-refractivity contribution < 1.29 is 29.0 Å². The molecule has 0 rings (SSSR count). The van der Waals surface area contributed by atoms with E-state index in [0.29, 0.717) is 0 Å². The Bertz CT molecular complexity index is 457. The van der Waals surface area contributed by atoms with Crippen molar-refractivity contribution >= 4 is 36.4 Å². The standard InChI is InChI=1S/C13H21N3O6S/c1-2-5-22-11(18)6-15-12(19)9(7-23)16-10(17)4-3-8(14)13(20)21/h2,8-9,23H,1,3-7,14H2,(H,15,19)(H,16,17)(H,20,21). The zero-order valence-electron chi connectivity index (χ0n) is 12.5. The van der Waals surface area contributed by atoms with Gasteiger partial charge in [-0.2, -0.15) is 12.6 Å². The number of thiol groups is 1. The van der Waals surface area contributed by atoms with Gasteiger partial charge in [0.2, 0.25) is 11.8 Å². The van der Waals surface area contributed by atoms with E-state index < -0.39 is 35.8 Å². The number of amides is 2. The van der Waals surface area contributed by atoms with Crippen molar-refractivity contribution in [3.05, 3.63) is 12.7 Å². The number of carbonyl (C=O) groups is 4. The van der Waals surface area contributed by atoms with Crippen molar-refractivity contribution in [3.8, 4) is 0 Å². The Hall–Kier alpha value is -2.07. The summed E-state index contributed by atoms with van der Waals surface area (Å²) in [6.07, 6.45) is 1.18. The normalized spacial score (nSPS) is 12.6. The fraction of sp³-hybridized carbons (Fsp3) is 0.538. The second-order valence-electron chi connectivity index (χ2n) is 4.48. The van der Waals surface area contributed by atoms with Crippen molar-refractivity contribution in [1.82, 2.24) is 10.6 Å². The molecule has 10 heteroatoms. The van der Waals surface area contributed by atoms with E-state index in [1.807, 2.05) is 0 Å². The third-order valence-electron chi connectivity index (χ3n) is 2.60. The Morgan fingerprint density at radius 2 is 2.00 bits per heavy atom. The fourth-order valence-corrected chi connectivity index (χ4v) is 1.61. The first-order valence-corrected chi connectivity index (χ1v) is 7.37. The first-order chi connectivity index (χ1) is 10.8. The van der Waals surface area contributed by atoms with Gasteiger partial charge in [0, 0.05) is 12.2 Å². The molecule has 2 unspecified atom stereocenters. The van der Waals surface area contributed by atoms with E-state index in [1.165, 1.54) is 6.08 Å². The Morgan fingerprint density at radius 1 is 1.35 bits per heavy atom. The van der Waals surface area contributed by atoms with Gasteiger partial charge in [-0.15, -0.1) is 0 Å². The minimum Gasteiger partial charge on any atom is -0.480 e. The van der Waals surface area contributed by atoms with Crippen LogP contribution >= 0.6 is 12.6 Å². The first-order valence-electron chi connectivity index (χ1n) is 6.74. The first kappa shape index (κ1) is 20.9. The molecule has 9 nitrogen and oxygen atoms in total. The molecule has 0 spiro atoms. The molecule has 0 radical (unpaired) electrons. The molecule has 23 heavy (non-hydrogen) atoms. The second-order valence-corrected chi connectivity index (χ2v) is 4.84. The van der Waals surface area contributed by atoms with Crippen LogP contribution in [0.1, 0.15) is 12.8 Å². The lowest BCUT2D eigenvalue weighted by Crippen LogP contribution is -2.49. The van der Waals surface area contributed by atoms with E-state index >= 15 is 0 Å². The minimum absolute atomic E-state index is 0.00423. The van der Waals surface area contributed by atoms with Crippen LogP contribution in [0.4, 0.5) is 0 Å². The molecule has 0 saturated carbocycles. The third-order valence-corrected chi connectivity index (χ3v) is 2.97. The number of esters is 1. The van der Waals surface area contributed by atoms with E-state index in [0.717, 1.165) is 0 Å². The maximum absolute atomic E-state index is 11.8. The maximum atomic E-state index is 11.8. The molecule has 0 bridgehead atoms. The van der Waals surface area contributed by atoms with Gasteiger partial charge >= 0.3 is 11.9 Å². The number of carboxylic acids is 1. The summed E-state index contributed by atoms with van der Waals surface area (Å²) >= 11 is 3.95. The van der Waals surface area contributed by atoms with Gasteiger partial charge in [-0.1, -0.05) is 12.7 Å². The zero-order valence-corrected chi connectivity index (χ0v) is 13.4. The molecular formula is C13H21N3O6S. The quantitative estimate of drug-likeness (QED) is 0.172. The molecule has 5 N–H and O–H groups in total. The van der Waals surface area contributed by atoms with Gasteiger partial charge < -0.3 is 26.2 Å². The van der Waals surface area contributed by atoms with Gasteiger partial charge in [-0.3, -0.25) is 19.2 Å². The maximum Gasteiger partial charge on any atom is 0.325 e. The summed E-state index contributed by atoms with van der Waals surface area (Å²) < 4.78 is 4.68. The van der Waals surface area contributed by atoms with Crippen LogP contribution in [0.2, 0.25) is 0 Å². The highest BCUT2D eigenvalue weighted by Crippen LogP contribution is 1.97. The number of aliphatic carboxylic acids is 1. The van der Waals surface area contributed by atoms with Crippen molar-refractivity contribution in [2.45, 2.75) is 24.9 Å². The van der Waals surface area contributed by atoms with Crippen molar-refractivity contribution in [1.29, 1.82) is 0 Å². The summed E-state index contributed by atoms with van der Waals surface area (Å²) in [5.41, 5.74) is 5.28. The van der Waals surface area contributed by atoms with E-state index in [1.54, 1.807) is 0 Å². The minimum atomic E-state index is -1.21. The van der Waals surface area contributed by atoms with Crippen LogP contribution in [0.25, 0.3) is 0 Å². The lowest BCUT2D eigenvalue weighted by atomic mass is 10.1. The van der Waals surface area contributed by atoms with Crippen LogP contribution in [0.3, 0.4) is 0 Å². The Labute approximate surface area is 139 Å². The number of hydrogen-bond acceptors (Lipinski definition) is 7. The van der Waals surface area contributed by atoms with Gasteiger partial charge in [0.05, 0.1) is 0 Å². The summed E-state index contributed by atoms with van der Waals surface area (Å²) in [5, 5.41) is 13.3. The molecule has 0 aromatic heterocycles. The predicted molar refractivity (Wildman–Crippen MR) is 84.8 cm³/mol. The van der Waals surface area contributed by atoms with Gasteiger partial charge in [-0.05, 0) is 6.42 Å². The fourth-order valence-electron chi connectivity index (χ4n) is 1.36. The van der Waals surface area contributed by atoms with E-state index in [-0.39, 0.29) is 31.7 Å². The smallest absolute Gasteiger partial charge is 0.325 e. The number of ether oxygens (including phenoxy) is 1. The van der Waals surface area contributed by atoms with Crippen LogP contribution in [-0.4, -0.2) is 59.8 Å². The van der Waals surface area contributed by atoms with Crippen LogP contribution in [0.5, 0.6) is 0 Å². The summed E-state index contributed by atoms with van der Waals surface area (Å²) in [7, 11) is 0. The molecule has 0 aromatic carbocycles. The molecule has 0 aromatic rings. The summed E-state index contributed by atoms with van der Waals surface area (Å²) in [5.74, 6) is -2.99. The summed E-state index contributed by atoms with van der Waals surface area (Å²) in [6.45, 7) is 3.06. The molecule has 2 amide bonds. The topological polar surface area (TPSA) is 148 Å². The highest BCUT2D eigenvalue weighted by atomic mass is 32.1. The van der Waals surface area contributed by atoms with Crippen LogP contribution < -0.4 is 16.4 Å². The summed E-state index contributed by atoms with van der Waals surface area (Å²) in [6, 6.07) is -2.11. The van der Waals surface area contributed by atoms with E-state index in [9.17, 15) is 19.2 Å². The highest BCUT2D eigenvalue weighted by molar-refractivity contribution is 7.80. The molecule has 130 valence electrons. The molecule has 0 aliphatic rings. The number of nitrogens with one attached hydrogen (secondary N) is 2. The predicted octanol–water partition coefficient (Wildman–Crippen LogP) is -1.56. The second kappa shape index (κ2) is 11.5. The summed E-state index contributed by atoms with van der Waals surface area (Å²) in [4.78, 5) is 45.2. The molecule has 0 fully saturated rings. The molecular weight excluding hydrogens is 326 g/mol. The lowest BCUT2D eigenvalue weighted by Gasteiger charge is -2.16. The van der Waals surface area contributed by atoms with Gasteiger partial charge in [0.1, 0.15) is 25.2 Å². The van der Waals surface area contributed by atoms with Gasteiger partial charge in [0.15, 0.2) is 0 Å². The zero-order chi connectivity index (χ0) is 17.8. The molecule has 0 heterocycles. The Kier molecular flexibility index (Phi) is 10.5. The lowest BCUT2D eigenvalue weighted by molar-refractivity contribution is -0.143. The van der Waals surface area contributed by atoms with Crippen molar-refractivity contribution in [2.24, 2.45) is 5.73 Å². The average Bonchev–Trinajstić information content (AvgIpc) is 2.52. The Morgan fingerprint density at radius 3 is 2.52 bits per heavy atom. The van der Waals surface area contributed by atoms with E-state index in [4.69, 9.17) is 10.8 Å². The molecule has 0 aliphatic heterocycles. The van der Waals surface area contributed by atoms with Crippen LogP contribution in [0.15, 0.2) is 12.7 Å². The van der Waals surface area contributed by atoms with Crippen LogP contribution in [-0.2, 0) is 23.9 Å². The Balaban J connectivity index is 4.23. The molecule has 2 atom stereocenters.